The number of carbonyl (C=O) groups excluding carboxylic acids is 1. The van der Waals surface area contributed by atoms with Gasteiger partial charge < -0.3 is 20.3 Å². The SMILES string of the molecule is C[C@@H](CN1CCCCC1)NC(=O)N[C@H]1CCOC2(CCCC2)C1. The molecular formula is C18H33N3O2. The molecule has 2 N–H and O–H groups in total. The van der Waals surface area contributed by atoms with Gasteiger partial charge in [-0.25, -0.2) is 4.79 Å². The standard InChI is InChI=1S/C18H33N3O2/c1-15(14-21-10-5-2-6-11-21)19-17(22)20-16-7-12-23-18(13-16)8-3-4-9-18/h15-16H,2-14H2,1H3,(H2,19,20,22)/t15-,16-/m0/s1. The fraction of sp³-hybridized carbons (Fsp3) is 0.944. The van der Waals surface area contributed by atoms with Crippen LogP contribution in [0.5, 0.6) is 0 Å². The van der Waals surface area contributed by atoms with Crippen LogP contribution in [0.3, 0.4) is 0 Å². The van der Waals surface area contributed by atoms with Gasteiger partial charge in [0.1, 0.15) is 0 Å². The Morgan fingerprint density at radius 1 is 1.22 bits per heavy atom. The Morgan fingerprint density at radius 2 is 1.96 bits per heavy atom. The summed E-state index contributed by atoms with van der Waals surface area (Å²) in [6.45, 7) is 6.21. The molecule has 0 radical (unpaired) electrons. The molecule has 0 unspecified atom stereocenters. The van der Waals surface area contributed by atoms with Crippen molar-refractivity contribution in [3.05, 3.63) is 0 Å². The maximum Gasteiger partial charge on any atom is 0.315 e. The van der Waals surface area contributed by atoms with E-state index in [1.165, 1.54) is 45.2 Å². The van der Waals surface area contributed by atoms with Gasteiger partial charge >= 0.3 is 6.03 Å². The average Bonchev–Trinajstić information content (AvgIpc) is 2.95. The van der Waals surface area contributed by atoms with Gasteiger partial charge in [-0.05, 0) is 58.5 Å². The molecule has 132 valence electrons. The third-order valence-electron chi connectivity index (χ3n) is 5.70. The largest absolute Gasteiger partial charge is 0.375 e. The zero-order valence-corrected chi connectivity index (χ0v) is 14.6. The molecule has 3 rings (SSSR count). The minimum Gasteiger partial charge on any atom is -0.375 e. The highest BCUT2D eigenvalue weighted by molar-refractivity contribution is 5.74. The molecular weight excluding hydrogens is 290 g/mol. The van der Waals surface area contributed by atoms with Gasteiger partial charge in [-0.2, -0.15) is 0 Å². The van der Waals surface area contributed by atoms with Gasteiger partial charge in [-0.1, -0.05) is 19.3 Å². The van der Waals surface area contributed by atoms with Crippen molar-refractivity contribution in [3.63, 3.8) is 0 Å². The van der Waals surface area contributed by atoms with E-state index in [1.807, 2.05) is 0 Å². The van der Waals surface area contributed by atoms with Crippen molar-refractivity contribution in [3.8, 4) is 0 Å². The van der Waals surface area contributed by atoms with E-state index in [1.54, 1.807) is 0 Å². The second-order valence-corrected chi connectivity index (χ2v) is 7.81. The summed E-state index contributed by atoms with van der Waals surface area (Å²) >= 11 is 0. The maximum atomic E-state index is 12.3. The van der Waals surface area contributed by atoms with Crippen LogP contribution in [0.2, 0.25) is 0 Å². The topological polar surface area (TPSA) is 53.6 Å². The summed E-state index contributed by atoms with van der Waals surface area (Å²) in [5.74, 6) is 0. The predicted molar refractivity (Wildman–Crippen MR) is 91.6 cm³/mol. The van der Waals surface area contributed by atoms with Crippen LogP contribution in [-0.2, 0) is 4.74 Å². The normalized spacial score (nSPS) is 29.3. The monoisotopic (exact) mass is 323 g/mol. The van der Waals surface area contributed by atoms with Crippen LogP contribution in [0.15, 0.2) is 0 Å². The van der Waals surface area contributed by atoms with Crippen LogP contribution in [0.1, 0.15) is 64.7 Å². The Balaban J connectivity index is 1.39. The van der Waals surface area contributed by atoms with Gasteiger partial charge in [0, 0.05) is 25.2 Å². The molecule has 5 heteroatoms. The second-order valence-electron chi connectivity index (χ2n) is 7.81. The van der Waals surface area contributed by atoms with Gasteiger partial charge in [0.25, 0.3) is 0 Å². The molecule has 1 spiro atoms. The molecule has 2 amide bonds. The average molecular weight is 323 g/mol. The quantitative estimate of drug-likeness (QED) is 0.836. The van der Waals surface area contributed by atoms with Crippen molar-refractivity contribution in [2.24, 2.45) is 0 Å². The highest BCUT2D eigenvalue weighted by Gasteiger charge is 2.40. The maximum absolute atomic E-state index is 12.3. The van der Waals surface area contributed by atoms with Crippen molar-refractivity contribution < 1.29 is 9.53 Å². The number of nitrogens with zero attached hydrogens (tertiary/aromatic N) is 1. The number of ether oxygens (including phenoxy) is 1. The van der Waals surface area contributed by atoms with Gasteiger partial charge in [-0.15, -0.1) is 0 Å². The Labute approximate surface area is 140 Å². The van der Waals surface area contributed by atoms with E-state index < -0.39 is 0 Å². The van der Waals surface area contributed by atoms with E-state index in [9.17, 15) is 4.79 Å². The number of hydrogen-bond donors (Lipinski definition) is 2. The van der Waals surface area contributed by atoms with Crippen molar-refractivity contribution in [2.75, 3.05) is 26.2 Å². The lowest BCUT2D eigenvalue weighted by molar-refractivity contribution is -0.0820. The lowest BCUT2D eigenvalue weighted by Gasteiger charge is -2.38. The van der Waals surface area contributed by atoms with Gasteiger partial charge in [-0.3, -0.25) is 0 Å². The Bertz CT molecular complexity index is 390. The minimum atomic E-state index is -0.00504. The predicted octanol–water partition coefficient (Wildman–Crippen LogP) is 2.65. The van der Waals surface area contributed by atoms with E-state index in [0.717, 1.165) is 38.8 Å². The van der Waals surface area contributed by atoms with E-state index in [0.29, 0.717) is 0 Å². The molecule has 1 saturated carbocycles. The van der Waals surface area contributed by atoms with Crippen LogP contribution in [0, 0.1) is 0 Å². The van der Waals surface area contributed by atoms with Crippen LogP contribution >= 0.6 is 0 Å². The Morgan fingerprint density at radius 3 is 2.70 bits per heavy atom. The number of hydrogen-bond acceptors (Lipinski definition) is 3. The number of rotatable bonds is 4. The smallest absolute Gasteiger partial charge is 0.315 e. The third kappa shape index (κ3) is 4.83. The summed E-state index contributed by atoms with van der Waals surface area (Å²) in [6, 6.07) is 0.465. The summed E-state index contributed by atoms with van der Waals surface area (Å²) in [5.41, 5.74) is 0.0651. The molecule has 1 aliphatic carbocycles. The molecule has 2 aliphatic heterocycles. The summed E-state index contributed by atoms with van der Waals surface area (Å²) in [5, 5.41) is 6.31. The highest BCUT2D eigenvalue weighted by atomic mass is 16.5. The summed E-state index contributed by atoms with van der Waals surface area (Å²) in [4.78, 5) is 14.8. The number of likely N-dealkylation sites (tertiary alicyclic amines) is 1. The van der Waals surface area contributed by atoms with E-state index in [4.69, 9.17) is 4.74 Å². The molecule has 0 aromatic rings. The first-order valence-corrected chi connectivity index (χ1v) is 9.59. The molecule has 5 nitrogen and oxygen atoms in total. The fourth-order valence-electron chi connectivity index (χ4n) is 4.54. The molecule has 0 aromatic heterocycles. The lowest BCUT2D eigenvalue weighted by Crippen LogP contribution is -2.53. The van der Waals surface area contributed by atoms with Crippen molar-refractivity contribution >= 4 is 6.03 Å². The van der Waals surface area contributed by atoms with E-state index in [-0.39, 0.29) is 23.7 Å². The number of piperidine rings is 1. The number of carbonyl (C=O) groups is 1. The fourth-order valence-corrected chi connectivity index (χ4v) is 4.54. The Kier molecular flexibility index (Phi) is 5.81. The number of amides is 2. The van der Waals surface area contributed by atoms with Crippen molar-refractivity contribution in [1.29, 1.82) is 0 Å². The molecule has 3 aliphatic rings. The first kappa shape index (κ1) is 17.0. The minimum absolute atomic E-state index is 0.00504. The summed E-state index contributed by atoms with van der Waals surface area (Å²) in [6.07, 6.45) is 10.7. The van der Waals surface area contributed by atoms with Crippen LogP contribution in [0.4, 0.5) is 4.79 Å². The van der Waals surface area contributed by atoms with Gasteiger partial charge in [0.15, 0.2) is 0 Å². The number of urea groups is 1. The van der Waals surface area contributed by atoms with Gasteiger partial charge in [0.2, 0.25) is 0 Å². The first-order chi connectivity index (χ1) is 11.2. The molecule has 3 fully saturated rings. The molecule has 0 bridgehead atoms. The van der Waals surface area contributed by atoms with Crippen LogP contribution in [0.25, 0.3) is 0 Å². The zero-order chi connectivity index (χ0) is 16.1. The van der Waals surface area contributed by atoms with Crippen molar-refractivity contribution in [2.45, 2.75) is 82.4 Å². The Hall–Kier alpha value is -0.810. The summed E-state index contributed by atoms with van der Waals surface area (Å²) < 4.78 is 6.04. The first-order valence-electron chi connectivity index (χ1n) is 9.59. The number of nitrogens with one attached hydrogen (secondary N) is 2. The van der Waals surface area contributed by atoms with Crippen LogP contribution < -0.4 is 10.6 Å². The molecule has 2 heterocycles. The third-order valence-corrected chi connectivity index (χ3v) is 5.70. The summed E-state index contributed by atoms with van der Waals surface area (Å²) in [7, 11) is 0. The molecule has 23 heavy (non-hydrogen) atoms. The van der Waals surface area contributed by atoms with Crippen molar-refractivity contribution in [1.82, 2.24) is 15.5 Å². The van der Waals surface area contributed by atoms with Gasteiger partial charge in [0.05, 0.1) is 5.60 Å². The molecule has 2 atom stereocenters. The molecule has 0 aromatic carbocycles. The van der Waals surface area contributed by atoms with E-state index >= 15 is 0 Å². The second kappa shape index (κ2) is 7.84. The van der Waals surface area contributed by atoms with E-state index in [2.05, 4.69) is 22.5 Å². The van der Waals surface area contributed by atoms with Crippen LogP contribution in [-0.4, -0.2) is 54.9 Å². The molecule has 2 saturated heterocycles. The highest BCUT2D eigenvalue weighted by Crippen LogP contribution is 2.39. The zero-order valence-electron chi connectivity index (χ0n) is 14.6. The lowest BCUT2D eigenvalue weighted by atomic mass is 9.89.